The topological polar surface area (TPSA) is 59.1 Å². The highest BCUT2D eigenvalue weighted by atomic mass is 16.5. The Morgan fingerprint density at radius 1 is 1.47 bits per heavy atom. The summed E-state index contributed by atoms with van der Waals surface area (Å²) < 4.78 is 5.38. The monoisotopic (exact) mass is 236 g/mol. The SMILES string of the molecule is CC(C)c1cnc(NCC2COCCN2)nc1. The Labute approximate surface area is 102 Å². The first kappa shape index (κ1) is 12.3. The lowest BCUT2D eigenvalue weighted by molar-refractivity contribution is 0.0806. The van der Waals surface area contributed by atoms with E-state index in [1.807, 2.05) is 12.4 Å². The van der Waals surface area contributed by atoms with Crippen LogP contribution in [0.25, 0.3) is 0 Å². The number of anilines is 1. The van der Waals surface area contributed by atoms with Gasteiger partial charge < -0.3 is 15.4 Å². The number of morpholine rings is 1. The molecule has 1 saturated heterocycles. The molecule has 1 aromatic rings. The summed E-state index contributed by atoms with van der Waals surface area (Å²) in [6.07, 6.45) is 3.76. The van der Waals surface area contributed by atoms with Crippen LogP contribution in [0.4, 0.5) is 5.95 Å². The Hall–Kier alpha value is -1.20. The summed E-state index contributed by atoms with van der Waals surface area (Å²) in [7, 11) is 0. The Kier molecular flexibility index (Phi) is 4.28. The number of hydrogen-bond donors (Lipinski definition) is 2. The van der Waals surface area contributed by atoms with Crippen LogP contribution >= 0.6 is 0 Å². The third-order valence-electron chi connectivity index (χ3n) is 2.84. The highest BCUT2D eigenvalue weighted by molar-refractivity contribution is 5.25. The maximum atomic E-state index is 5.38. The first-order valence-corrected chi connectivity index (χ1v) is 6.12. The largest absolute Gasteiger partial charge is 0.378 e. The van der Waals surface area contributed by atoms with Gasteiger partial charge in [-0.2, -0.15) is 0 Å². The van der Waals surface area contributed by atoms with Crippen molar-refractivity contribution in [3.8, 4) is 0 Å². The molecule has 1 atom stereocenters. The first-order valence-electron chi connectivity index (χ1n) is 6.12. The van der Waals surface area contributed by atoms with Gasteiger partial charge in [0.05, 0.1) is 13.2 Å². The number of aromatic nitrogens is 2. The summed E-state index contributed by atoms with van der Waals surface area (Å²) >= 11 is 0. The third kappa shape index (κ3) is 3.64. The Balaban J connectivity index is 1.82. The average molecular weight is 236 g/mol. The van der Waals surface area contributed by atoms with Gasteiger partial charge in [0.25, 0.3) is 0 Å². The van der Waals surface area contributed by atoms with Crippen LogP contribution in [0.2, 0.25) is 0 Å². The molecule has 1 fully saturated rings. The highest BCUT2D eigenvalue weighted by Crippen LogP contribution is 2.12. The summed E-state index contributed by atoms with van der Waals surface area (Å²) in [6, 6.07) is 0.345. The van der Waals surface area contributed by atoms with Gasteiger partial charge in [-0.1, -0.05) is 13.8 Å². The van der Waals surface area contributed by atoms with Gasteiger partial charge in [0.1, 0.15) is 0 Å². The van der Waals surface area contributed by atoms with Gasteiger partial charge in [-0.05, 0) is 11.5 Å². The maximum Gasteiger partial charge on any atom is 0.222 e. The van der Waals surface area contributed by atoms with Crippen LogP contribution in [-0.2, 0) is 4.74 Å². The molecule has 0 aromatic carbocycles. The van der Waals surface area contributed by atoms with Gasteiger partial charge >= 0.3 is 0 Å². The van der Waals surface area contributed by atoms with Crippen LogP contribution in [0.3, 0.4) is 0 Å². The Morgan fingerprint density at radius 2 is 2.24 bits per heavy atom. The van der Waals surface area contributed by atoms with Crippen molar-refractivity contribution in [3.63, 3.8) is 0 Å². The van der Waals surface area contributed by atoms with Gasteiger partial charge in [0.2, 0.25) is 5.95 Å². The molecular weight excluding hydrogens is 216 g/mol. The molecule has 2 rings (SSSR count). The molecule has 0 radical (unpaired) electrons. The minimum absolute atomic E-state index is 0.345. The van der Waals surface area contributed by atoms with Gasteiger partial charge in [-0.3, -0.25) is 0 Å². The molecule has 1 unspecified atom stereocenters. The van der Waals surface area contributed by atoms with Gasteiger partial charge in [-0.15, -0.1) is 0 Å². The van der Waals surface area contributed by atoms with Crippen molar-refractivity contribution < 1.29 is 4.74 Å². The van der Waals surface area contributed by atoms with Gasteiger partial charge in [0.15, 0.2) is 0 Å². The molecule has 1 aromatic heterocycles. The minimum atomic E-state index is 0.345. The molecular formula is C12H20N4O. The molecule has 0 spiro atoms. The summed E-state index contributed by atoms with van der Waals surface area (Å²) in [6.45, 7) is 7.53. The number of rotatable bonds is 4. The molecule has 0 aliphatic carbocycles. The van der Waals surface area contributed by atoms with Crippen LogP contribution in [0, 0.1) is 0 Å². The highest BCUT2D eigenvalue weighted by Gasteiger charge is 2.12. The van der Waals surface area contributed by atoms with Crippen LogP contribution in [0.1, 0.15) is 25.3 Å². The van der Waals surface area contributed by atoms with Crippen molar-refractivity contribution in [1.29, 1.82) is 0 Å². The van der Waals surface area contributed by atoms with E-state index in [1.165, 1.54) is 0 Å². The fourth-order valence-electron chi connectivity index (χ4n) is 1.69. The molecule has 94 valence electrons. The van der Waals surface area contributed by atoms with E-state index in [2.05, 4.69) is 34.4 Å². The molecule has 17 heavy (non-hydrogen) atoms. The summed E-state index contributed by atoms with van der Waals surface area (Å²) in [5.74, 6) is 1.15. The molecule has 2 N–H and O–H groups in total. The molecule has 0 bridgehead atoms. The number of hydrogen-bond acceptors (Lipinski definition) is 5. The molecule has 5 heteroatoms. The smallest absolute Gasteiger partial charge is 0.222 e. The number of ether oxygens (including phenoxy) is 1. The normalized spacial score (nSPS) is 20.5. The van der Waals surface area contributed by atoms with Crippen LogP contribution in [0.15, 0.2) is 12.4 Å². The lowest BCUT2D eigenvalue weighted by Crippen LogP contribution is -2.45. The van der Waals surface area contributed by atoms with Gasteiger partial charge in [0, 0.05) is 31.5 Å². The van der Waals surface area contributed by atoms with Crippen molar-refractivity contribution in [2.75, 3.05) is 31.6 Å². The minimum Gasteiger partial charge on any atom is -0.378 e. The van der Waals surface area contributed by atoms with E-state index in [1.54, 1.807) is 0 Å². The van der Waals surface area contributed by atoms with Gasteiger partial charge in [-0.25, -0.2) is 9.97 Å². The second kappa shape index (κ2) is 5.93. The van der Waals surface area contributed by atoms with E-state index >= 15 is 0 Å². The molecule has 2 heterocycles. The zero-order valence-electron chi connectivity index (χ0n) is 10.4. The van der Waals surface area contributed by atoms with Crippen molar-refractivity contribution in [2.24, 2.45) is 0 Å². The van der Waals surface area contributed by atoms with Crippen molar-refractivity contribution >= 4 is 5.95 Å². The molecule has 0 saturated carbocycles. The standard InChI is InChI=1S/C12H20N4O/c1-9(2)10-5-14-12(15-6-10)16-7-11-8-17-4-3-13-11/h5-6,9,11,13H,3-4,7-8H2,1-2H3,(H,14,15,16). The molecule has 1 aliphatic rings. The second-order valence-electron chi connectivity index (χ2n) is 4.60. The predicted octanol–water partition coefficient (Wildman–Crippen LogP) is 1.00. The Bertz CT molecular complexity index is 333. The Morgan fingerprint density at radius 3 is 2.82 bits per heavy atom. The van der Waals surface area contributed by atoms with Crippen LogP contribution in [0.5, 0.6) is 0 Å². The molecule has 5 nitrogen and oxygen atoms in total. The predicted molar refractivity (Wildman–Crippen MR) is 67.2 cm³/mol. The van der Waals surface area contributed by atoms with Crippen LogP contribution < -0.4 is 10.6 Å². The lowest BCUT2D eigenvalue weighted by atomic mass is 10.1. The average Bonchev–Trinajstić information content (AvgIpc) is 2.38. The van der Waals surface area contributed by atoms with Crippen LogP contribution in [-0.4, -0.2) is 42.3 Å². The van der Waals surface area contributed by atoms with E-state index in [4.69, 9.17) is 4.74 Å². The van der Waals surface area contributed by atoms with Crippen molar-refractivity contribution in [2.45, 2.75) is 25.8 Å². The first-order chi connectivity index (χ1) is 8.25. The molecule has 1 aliphatic heterocycles. The number of nitrogens with zero attached hydrogens (tertiary/aromatic N) is 2. The zero-order chi connectivity index (χ0) is 12.1. The fraction of sp³-hybridized carbons (Fsp3) is 0.667. The number of nitrogens with one attached hydrogen (secondary N) is 2. The van der Waals surface area contributed by atoms with E-state index in [-0.39, 0.29) is 0 Å². The molecule has 0 amide bonds. The van der Waals surface area contributed by atoms with E-state index in [9.17, 15) is 0 Å². The quantitative estimate of drug-likeness (QED) is 0.816. The van der Waals surface area contributed by atoms with E-state index in [0.29, 0.717) is 17.9 Å². The third-order valence-corrected chi connectivity index (χ3v) is 2.84. The summed E-state index contributed by atoms with van der Waals surface area (Å²) in [5, 5.41) is 6.59. The van der Waals surface area contributed by atoms with Crippen molar-refractivity contribution in [3.05, 3.63) is 18.0 Å². The summed E-state index contributed by atoms with van der Waals surface area (Å²) in [5.41, 5.74) is 1.16. The lowest BCUT2D eigenvalue weighted by Gasteiger charge is -2.23. The summed E-state index contributed by atoms with van der Waals surface area (Å²) in [4.78, 5) is 8.59. The second-order valence-corrected chi connectivity index (χ2v) is 4.60. The maximum absolute atomic E-state index is 5.38. The van der Waals surface area contributed by atoms with E-state index < -0.39 is 0 Å². The van der Waals surface area contributed by atoms with E-state index in [0.717, 1.165) is 31.9 Å². The van der Waals surface area contributed by atoms with Crippen molar-refractivity contribution in [1.82, 2.24) is 15.3 Å². The fourth-order valence-corrected chi connectivity index (χ4v) is 1.69. The zero-order valence-corrected chi connectivity index (χ0v) is 10.4.